The lowest BCUT2D eigenvalue weighted by atomic mass is 9.78. The lowest BCUT2D eigenvalue weighted by Crippen LogP contribution is -2.51. The van der Waals surface area contributed by atoms with Crippen molar-refractivity contribution < 1.29 is 22.3 Å². The van der Waals surface area contributed by atoms with Crippen LogP contribution >= 0.6 is 11.6 Å². The van der Waals surface area contributed by atoms with Gasteiger partial charge in [-0.25, -0.2) is 12.8 Å². The lowest BCUT2D eigenvalue weighted by molar-refractivity contribution is -0.136. The molecule has 0 aromatic heterocycles. The third kappa shape index (κ3) is 5.90. The maximum absolute atomic E-state index is 13.8. The fourth-order valence-corrected chi connectivity index (χ4v) is 6.55. The van der Waals surface area contributed by atoms with Gasteiger partial charge in [0.25, 0.3) is 0 Å². The molecule has 6 nitrogen and oxygen atoms in total. The van der Waals surface area contributed by atoms with Crippen molar-refractivity contribution in [1.29, 1.82) is 0 Å². The molecule has 2 aromatic rings. The van der Waals surface area contributed by atoms with E-state index in [2.05, 4.69) is 0 Å². The number of sulfonamides is 1. The second kappa shape index (κ2) is 10.6. The van der Waals surface area contributed by atoms with Gasteiger partial charge in [-0.2, -0.15) is 4.31 Å². The number of piperidine rings is 2. The minimum atomic E-state index is -3.91. The first-order chi connectivity index (χ1) is 16.3. The normalized spacial score (nSPS) is 21.9. The number of carbonyl (C=O) groups is 1. The molecule has 2 fully saturated rings. The van der Waals surface area contributed by atoms with Crippen molar-refractivity contribution in [2.45, 2.75) is 43.4 Å². The Morgan fingerprint density at radius 2 is 1.76 bits per heavy atom. The van der Waals surface area contributed by atoms with Gasteiger partial charge in [-0.05, 0) is 74.6 Å². The number of likely N-dealkylation sites (tertiary alicyclic amines) is 1. The highest BCUT2D eigenvalue weighted by Gasteiger charge is 2.43. The van der Waals surface area contributed by atoms with Crippen LogP contribution in [-0.2, 0) is 14.8 Å². The van der Waals surface area contributed by atoms with Gasteiger partial charge in [0.05, 0.1) is 11.5 Å². The van der Waals surface area contributed by atoms with Crippen molar-refractivity contribution in [1.82, 2.24) is 9.21 Å². The van der Waals surface area contributed by atoms with Crippen LogP contribution in [0, 0.1) is 11.2 Å². The molecule has 4 rings (SSSR count). The molecule has 0 aliphatic carbocycles. The Labute approximate surface area is 205 Å². The van der Waals surface area contributed by atoms with Gasteiger partial charge in [-0.1, -0.05) is 17.7 Å². The zero-order valence-corrected chi connectivity index (χ0v) is 20.7. The van der Waals surface area contributed by atoms with Gasteiger partial charge in [0.15, 0.2) is 0 Å². The van der Waals surface area contributed by atoms with Crippen LogP contribution in [0.4, 0.5) is 4.39 Å². The van der Waals surface area contributed by atoms with Crippen LogP contribution in [0.1, 0.15) is 38.5 Å². The summed E-state index contributed by atoms with van der Waals surface area (Å²) in [6.45, 7) is 2.12. The topological polar surface area (TPSA) is 66.9 Å². The van der Waals surface area contributed by atoms with Crippen molar-refractivity contribution in [3.05, 3.63) is 59.4 Å². The Morgan fingerprint density at radius 3 is 2.47 bits per heavy atom. The van der Waals surface area contributed by atoms with Crippen LogP contribution in [0.15, 0.2) is 53.4 Å². The summed E-state index contributed by atoms with van der Waals surface area (Å²) in [4.78, 5) is 15.0. The monoisotopic (exact) mass is 508 g/mol. The van der Waals surface area contributed by atoms with E-state index in [-0.39, 0.29) is 30.4 Å². The van der Waals surface area contributed by atoms with Crippen LogP contribution in [-0.4, -0.2) is 56.3 Å². The van der Waals surface area contributed by atoms with E-state index >= 15 is 0 Å². The third-order valence-electron chi connectivity index (χ3n) is 6.65. The molecule has 0 saturated carbocycles. The Bertz CT molecular complexity index is 1110. The molecule has 34 heavy (non-hydrogen) atoms. The molecule has 184 valence electrons. The number of carbonyl (C=O) groups excluding carboxylic acids is 1. The molecular weight excluding hydrogens is 479 g/mol. The second-order valence-electron chi connectivity index (χ2n) is 9.26. The Morgan fingerprint density at radius 1 is 1.03 bits per heavy atom. The summed E-state index contributed by atoms with van der Waals surface area (Å²) >= 11 is 5.98. The standard InChI is InChI=1S/C25H30ClFN2O4S/c26-20-8-10-22(11-9-20)33-19-25(17-24(30)28-13-2-1-3-14-28)12-5-15-29(18-25)34(31,32)23-7-4-6-21(27)16-23/h4,6-11,16H,1-3,5,12-15,17-19H2. The molecule has 0 N–H and O–H groups in total. The first-order valence-electron chi connectivity index (χ1n) is 11.7. The van der Waals surface area contributed by atoms with E-state index in [0.717, 1.165) is 38.4 Å². The van der Waals surface area contributed by atoms with Gasteiger partial charge in [-0.15, -0.1) is 0 Å². The smallest absolute Gasteiger partial charge is 0.243 e. The maximum atomic E-state index is 13.8. The van der Waals surface area contributed by atoms with E-state index in [1.54, 1.807) is 24.3 Å². The number of benzene rings is 2. The third-order valence-corrected chi connectivity index (χ3v) is 8.75. The van der Waals surface area contributed by atoms with Crippen LogP contribution in [0.25, 0.3) is 0 Å². The highest BCUT2D eigenvalue weighted by molar-refractivity contribution is 7.89. The summed E-state index contributed by atoms with van der Waals surface area (Å²) in [5.41, 5.74) is -0.688. The average molecular weight is 509 g/mol. The molecule has 2 aliphatic heterocycles. The van der Waals surface area contributed by atoms with E-state index in [0.29, 0.717) is 30.2 Å². The predicted octanol–water partition coefficient (Wildman–Crippen LogP) is 4.73. The Hall–Kier alpha value is -2.16. The number of hydrogen-bond acceptors (Lipinski definition) is 4. The van der Waals surface area contributed by atoms with Crippen LogP contribution in [0.3, 0.4) is 0 Å². The van der Waals surface area contributed by atoms with Gasteiger partial charge in [0, 0.05) is 43.0 Å². The number of rotatable bonds is 7. The number of halogens is 2. The molecule has 9 heteroatoms. The summed E-state index contributed by atoms with van der Waals surface area (Å²) < 4.78 is 47.9. The summed E-state index contributed by atoms with van der Waals surface area (Å²) in [5, 5.41) is 0.590. The quantitative estimate of drug-likeness (QED) is 0.542. The molecule has 2 heterocycles. The summed E-state index contributed by atoms with van der Waals surface area (Å²) in [5.74, 6) is 0.0411. The molecule has 1 unspecified atom stereocenters. The van der Waals surface area contributed by atoms with Crippen LogP contribution in [0.2, 0.25) is 5.02 Å². The number of nitrogens with zero attached hydrogens (tertiary/aromatic N) is 2. The summed E-state index contributed by atoms with van der Waals surface area (Å²) in [6, 6.07) is 12.0. The van der Waals surface area contributed by atoms with E-state index in [1.165, 1.54) is 22.5 Å². The molecule has 1 atom stereocenters. The van der Waals surface area contributed by atoms with Gasteiger partial charge >= 0.3 is 0 Å². The zero-order valence-electron chi connectivity index (χ0n) is 19.1. The second-order valence-corrected chi connectivity index (χ2v) is 11.6. The molecular formula is C25H30ClFN2O4S. The minimum Gasteiger partial charge on any atom is -0.493 e. The molecule has 2 aromatic carbocycles. The van der Waals surface area contributed by atoms with Crippen LogP contribution < -0.4 is 4.74 Å². The fourth-order valence-electron chi connectivity index (χ4n) is 4.80. The minimum absolute atomic E-state index is 0.0319. The van der Waals surface area contributed by atoms with Gasteiger partial charge in [0.1, 0.15) is 11.6 Å². The average Bonchev–Trinajstić information content (AvgIpc) is 2.84. The molecule has 0 bridgehead atoms. The van der Waals surface area contributed by atoms with Gasteiger partial charge in [-0.3, -0.25) is 4.79 Å². The highest BCUT2D eigenvalue weighted by atomic mass is 35.5. The van der Waals surface area contributed by atoms with Gasteiger partial charge in [0.2, 0.25) is 15.9 Å². The Balaban J connectivity index is 1.58. The molecule has 2 aliphatic rings. The maximum Gasteiger partial charge on any atom is 0.243 e. The largest absolute Gasteiger partial charge is 0.493 e. The fraction of sp³-hybridized carbons (Fsp3) is 0.480. The van der Waals surface area contributed by atoms with Gasteiger partial charge < -0.3 is 9.64 Å². The molecule has 0 radical (unpaired) electrons. The molecule has 2 saturated heterocycles. The van der Waals surface area contributed by atoms with E-state index in [4.69, 9.17) is 16.3 Å². The Kier molecular flexibility index (Phi) is 7.80. The first-order valence-corrected chi connectivity index (χ1v) is 13.5. The van der Waals surface area contributed by atoms with Crippen molar-refractivity contribution >= 4 is 27.5 Å². The zero-order chi connectivity index (χ0) is 24.2. The number of hydrogen-bond donors (Lipinski definition) is 0. The van der Waals surface area contributed by atoms with Crippen molar-refractivity contribution in [2.75, 3.05) is 32.8 Å². The SMILES string of the molecule is O=C(CC1(COc2ccc(Cl)cc2)CCCN(S(=O)(=O)c2cccc(F)c2)C1)N1CCCCC1. The summed E-state index contributed by atoms with van der Waals surface area (Å²) in [6.07, 6.45) is 4.55. The van der Waals surface area contributed by atoms with E-state index in [1.807, 2.05) is 4.90 Å². The molecule has 1 amide bonds. The van der Waals surface area contributed by atoms with Crippen LogP contribution in [0.5, 0.6) is 5.75 Å². The summed E-state index contributed by atoms with van der Waals surface area (Å²) in [7, 11) is -3.91. The number of amides is 1. The lowest BCUT2D eigenvalue weighted by Gasteiger charge is -2.42. The van der Waals surface area contributed by atoms with E-state index < -0.39 is 21.3 Å². The highest BCUT2D eigenvalue weighted by Crippen LogP contribution is 2.38. The molecule has 0 spiro atoms. The predicted molar refractivity (Wildman–Crippen MR) is 129 cm³/mol. The first kappa shape index (κ1) is 24.9. The van der Waals surface area contributed by atoms with Crippen molar-refractivity contribution in [2.24, 2.45) is 5.41 Å². The van der Waals surface area contributed by atoms with Crippen molar-refractivity contribution in [3.63, 3.8) is 0 Å². The van der Waals surface area contributed by atoms with E-state index in [9.17, 15) is 17.6 Å². The number of ether oxygens (including phenoxy) is 1. The van der Waals surface area contributed by atoms with Crippen molar-refractivity contribution in [3.8, 4) is 5.75 Å².